The molecule has 4 heterocycles. The highest BCUT2D eigenvalue weighted by molar-refractivity contribution is 7.18. The van der Waals surface area contributed by atoms with E-state index in [9.17, 15) is 5.11 Å². The highest BCUT2D eigenvalue weighted by Gasteiger charge is 2.61. The Labute approximate surface area is 192 Å². The number of aromatic nitrogens is 4. The molecule has 3 aliphatic rings. The molecule has 170 valence electrons. The maximum absolute atomic E-state index is 10.7. The predicted octanol–water partition coefficient (Wildman–Crippen LogP) is 3.62. The van der Waals surface area contributed by atoms with Gasteiger partial charge in [0.1, 0.15) is 5.75 Å². The number of nitrogens with one attached hydrogen (secondary N) is 1. The first kappa shape index (κ1) is 21.4. The first-order valence-corrected chi connectivity index (χ1v) is 11.7. The zero-order chi connectivity index (χ0) is 22.7. The van der Waals surface area contributed by atoms with Crippen molar-refractivity contribution in [2.45, 2.75) is 44.4 Å². The van der Waals surface area contributed by atoms with Crippen molar-refractivity contribution in [3.05, 3.63) is 30.6 Å². The van der Waals surface area contributed by atoms with Crippen LogP contribution in [0.25, 0.3) is 21.7 Å². The van der Waals surface area contributed by atoms with E-state index < -0.39 is 0 Å². The predicted molar refractivity (Wildman–Crippen MR) is 126 cm³/mol. The van der Waals surface area contributed by atoms with Crippen molar-refractivity contribution in [2.24, 2.45) is 5.41 Å². The van der Waals surface area contributed by atoms with Gasteiger partial charge < -0.3 is 14.7 Å². The van der Waals surface area contributed by atoms with Crippen molar-refractivity contribution >= 4 is 16.5 Å². The normalized spacial score (nSPS) is 30.0. The smallest absolute Gasteiger partial charge is 0.208 e. The van der Waals surface area contributed by atoms with Crippen LogP contribution in [0.3, 0.4) is 0 Å². The van der Waals surface area contributed by atoms with Crippen LogP contribution >= 0.6 is 11.3 Å². The number of aromatic hydroxyl groups is 1. The van der Waals surface area contributed by atoms with E-state index in [1.165, 1.54) is 11.3 Å². The summed E-state index contributed by atoms with van der Waals surface area (Å²) in [5.74, 6) is 0.182. The molecule has 2 N–H and O–H groups in total. The number of benzene rings is 1. The Morgan fingerprint density at radius 1 is 1.25 bits per heavy atom. The summed E-state index contributed by atoms with van der Waals surface area (Å²) in [7, 11) is 6.12. The lowest BCUT2D eigenvalue weighted by atomic mass is 9.58. The number of methoxy groups -OCH3 is 1. The molecule has 4 atom stereocenters. The molecule has 1 aliphatic carbocycles. The number of H-pyrrole nitrogens is 1. The van der Waals surface area contributed by atoms with Crippen molar-refractivity contribution in [1.29, 1.82) is 0 Å². The number of likely N-dealkylation sites (N-methyl/N-ethyl adjacent to an activating group) is 2. The Bertz CT molecular complexity index is 1120. The lowest BCUT2D eigenvalue weighted by Gasteiger charge is -2.65. The van der Waals surface area contributed by atoms with Crippen molar-refractivity contribution in [2.75, 3.05) is 32.6 Å². The second-order valence-corrected chi connectivity index (χ2v) is 10.6. The zero-order valence-electron chi connectivity index (χ0n) is 19.2. The van der Waals surface area contributed by atoms with Crippen molar-refractivity contribution in [3.63, 3.8) is 0 Å². The van der Waals surface area contributed by atoms with Gasteiger partial charge in [0.05, 0.1) is 23.9 Å². The van der Waals surface area contributed by atoms with Gasteiger partial charge >= 0.3 is 0 Å². The van der Waals surface area contributed by atoms with Crippen LogP contribution in [0.2, 0.25) is 0 Å². The maximum atomic E-state index is 10.7. The third-order valence-electron chi connectivity index (χ3n) is 7.73. The van der Waals surface area contributed by atoms with Gasteiger partial charge in [0.15, 0.2) is 5.01 Å². The molecule has 2 aliphatic heterocycles. The average Bonchev–Trinajstić information content (AvgIpc) is 3.46. The summed E-state index contributed by atoms with van der Waals surface area (Å²) in [4.78, 5) is 4.71. The minimum Gasteiger partial charge on any atom is -0.507 e. The van der Waals surface area contributed by atoms with E-state index in [1.54, 1.807) is 18.5 Å². The summed E-state index contributed by atoms with van der Waals surface area (Å²) in [6, 6.07) is 5.79. The minimum absolute atomic E-state index is 0.000137. The molecule has 8 nitrogen and oxygen atoms in total. The van der Waals surface area contributed by atoms with Gasteiger partial charge in [-0.3, -0.25) is 10.00 Å². The number of hydrogen-bond donors (Lipinski definition) is 2. The number of nitrogens with zero attached hydrogens (tertiary/aromatic N) is 5. The third-order valence-corrected chi connectivity index (χ3v) is 8.78. The van der Waals surface area contributed by atoms with Crippen LogP contribution in [0.5, 0.6) is 5.75 Å². The quantitative estimate of drug-likeness (QED) is 0.608. The van der Waals surface area contributed by atoms with Gasteiger partial charge in [-0.15, -0.1) is 10.2 Å². The van der Waals surface area contributed by atoms with Gasteiger partial charge in [0.2, 0.25) is 5.13 Å². The first-order chi connectivity index (χ1) is 15.3. The van der Waals surface area contributed by atoms with Crippen LogP contribution in [-0.2, 0) is 4.74 Å². The topological polar surface area (TPSA) is 90.4 Å². The van der Waals surface area contributed by atoms with Crippen LogP contribution in [-0.4, -0.2) is 75.8 Å². The van der Waals surface area contributed by atoms with E-state index >= 15 is 0 Å². The van der Waals surface area contributed by atoms with E-state index in [-0.39, 0.29) is 28.8 Å². The van der Waals surface area contributed by atoms with Crippen molar-refractivity contribution in [1.82, 2.24) is 25.3 Å². The maximum Gasteiger partial charge on any atom is 0.208 e. The van der Waals surface area contributed by atoms with E-state index in [0.717, 1.165) is 35.6 Å². The number of anilines is 1. The summed E-state index contributed by atoms with van der Waals surface area (Å²) in [6.45, 7) is 5.70. The molecule has 32 heavy (non-hydrogen) atoms. The second kappa shape index (κ2) is 7.54. The van der Waals surface area contributed by atoms with Crippen LogP contribution in [0.1, 0.15) is 26.7 Å². The minimum atomic E-state index is 0.000137. The average molecular weight is 455 g/mol. The molecule has 3 aromatic rings. The Morgan fingerprint density at radius 3 is 2.72 bits per heavy atom. The molecule has 6 rings (SSSR count). The highest BCUT2D eigenvalue weighted by atomic mass is 32.1. The molecule has 2 aromatic heterocycles. The first-order valence-electron chi connectivity index (χ1n) is 10.9. The van der Waals surface area contributed by atoms with Gasteiger partial charge in [-0.2, -0.15) is 5.10 Å². The Hall–Kier alpha value is -2.49. The number of ether oxygens (including phenoxy) is 1. The van der Waals surface area contributed by atoms with Gasteiger partial charge in [-0.1, -0.05) is 24.3 Å². The molecule has 0 spiro atoms. The van der Waals surface area contributed by atoms with Gasteiger partial charge in [0, 0.05) is 43.4 Å². The largest absolute Gasteiger partial charge is 0.507 e. The summed E-state index contributed by atoms with van der Waals surface area (Å²) >= 11 is 1.50. The van der Waals surface area contributed by atoms with Gasteiger partial charge in [0.25, 0.3) is 0 Å². The summed E-state index contributed by atoms with van der Waals surface area (Å²) in [5.41, 5.74) is 2.60. The highest BCUT2D eigenvalue weighted by Crippen LogP contribution is 2.53. The molecule has 9 heteroatoms. The molecule has 2 bridgehead atoms. The fraction of sp³-hybridized carbons (Fsp3) is 0.522. The summed E-state index contributed by atoms with van der Waals surface area (Å²) in [6.07, 6.45) is 5.88. The number of piperidine rings is 2. The number of phenols is 1. The van der Waals surface area contributed by atoms with Crippen molar-refractivity contribution in [3.8, 4) is 27.4 Å². The van der Waals surface area contributed by atoms with Crippen LogP contribution in [0, 0.1) is 5.41 Å². The van der Waals surface area contributed by atoms with Gasteiger partial charge in [-0.05, 0) is 44.5 Å². The van der Waals surface area contributed by atoms with Crippen molar-refractivity contribution < 1.29 is 9.84 Å². The second-order valence-electron chi connectivity index (χ2n) is 9.69. The molecule has 0 radical (unpaired) electrons. The zero-order valence-corrected chi connectivity index (χ0v) is 20.0. The molecular formula is C23H30N6O2S. The monoisotopic (exact) mass is 454 g/mol. The third kappa shape index (κ3) is 3.14. The van der Waals surface area contributed by atoms with E-state index in [4.69, 9.17) is 4.74 Å². The Morgan fingerprint density at radius 2 is 2.06 bits per heavy atom. The number of hydrogen-bond acceptors (Lipinski definition) is 8. The standard InChI is InChI=1S/C23H30N6O2S/c1-22-8-9-23(2,28(3)13-22)19(31-5)18(22)29(4)21-27-26-20(32-21)16-7-6-14(10-17(16)30)15-11-24-25-12-15/h6-7,10-12,18-19,30H,8-9,13H2,1-5H3,(H,24,25)/t18-,19?,22+,23+/m1/s1. The molecular weight excluding hydrogens is 424 g/mol. The number of aromatic amines is 1. The SMILES string of the molecule is COC1[C@@H](N(C)c2nnc(-c3ccc(-c4cn[nH]c4)cc3O)s2)[C@@]2(C)CC[C@]1(C)N(C)C2. The number of fused-ring (bicyclic) bond motifs is 3. The summed E-state index contributed by atoms with van der Waals surface area (Å²) in [5, 5.41) is 27.9. The molecule has 0 amide bonds. The molecule has 3 fully saturated rings. The van der Waals surface area contributed by atoms with Crippen LogP contribution in [0.15, 0.2) is 30.6 Å². The lowest BCUT2D eigenvalue weighted by Crippen LogP contribution is -2.76. The van der Waals surface area contributed by atoms with Crippen LogP contribution in [0.4, 0.5) is 5.13 Å². The molecule has 1 unspecified atom stereocenters. The molecule has 2 saturated heterocycles. The van der Waals surface area contributed by atoms with Gasteiger partial charge in [-0.25, -0.2) is 0 Å². The fourth-order valence-corrected chi connectivity index (χ4v) is 6.65. The summed E-state index contributed by atoms with van der Waals surface area (Å²) < 4.78 is 6.10. The fourth-order valence-electron chi connectivity index (χ4n) is 5.78. The number of phenolic OH excluding ortho intramolecular Hbond substituents is 1. The lowest BCUT2D eigenvalue weighted by molar-refractivity contribution is -0.164. The van der Waals surface area contributed by atoms with E-state index in [2.05, 4.69) is 58.1 Å². The van der Waals surface area contributed by atoms with E-state index in [0.29, 0.717) is 10.6 Å². The Balaban J connectivity index is 1.45. The Kier molecular flexibility index (Phi) is 5.03. The molecule has 1 aromatic carbocycles. The number of rotatable bonds is 5. The molecule has 1 saturated carbocycles. The van der Waals surface area contributed by atoms with E-state index in [1.807, 2.05) is 19.2 Å². The van der Waals surface area contributed by atoms with Crippen LogP contribution < -0.4 is 4.90 Å².